The van der Waals surface area contributed by atoms with Gasteiger partial charge in [-0.2, -0.15) is 0 Å². The van der Waals surface area contributed by atoms with E-state index in [-0.39, 0.29) is 24.0 Å². The molecule has 2 heterocycles. The van der Waals surface area contributed by atoms with Gasteiger partial charge in [-0.3, -0.25) is 34.2 Å². The van der Waals surface area contributed by atoms with E-state index in [1.165, 1.54) is 6.07 Å². The zero-order valence-corrected chi connectivity index (χ0v) is 14.1. The minimum absolute atomic E-state index is 0.0675. The topological polar surface area (TPSA) is 101 Å². The first-order valence-corrected chi connectivity index (χ1v) is 8.41. The molecule has 0 radical (unpaired) electrons. The summed E-state index contributed by atoms with van der Waals surface area (Å²) in [6.07, 6.45) is 0.874. The van der Waals surface area contributed by atoms with Gasteiger partial charge in [-0.25, -0.2) is 0 Å². The van der Waals surface area contributed by atoms with Crippen LogP contribution >= 0.6 is 0 Å². The molecular weight excluding hydrogens is 348 g/mol. The lowest BCUT2D eigenvalue weighted by Crippen LogP contribution is -2.54. The number of benzene rings is 2. The van der Waals surface area contributed by atoms with Gasteiger partial charge in [0, 0.05) is 12.0 Å². The van der Waals surface area contributed by atoms with Crippen molar-refractivity contribution in [1.82, 2.24) is 10.2 Å². The van der Waals surface area contributed by atoms with Crippen LogP contribution in [0.3, 0.4) is 0 Å². The molecule has 1 atom stereocenters. The molecule has 1 unspecified atom stereocenters. The Bertz CT molecular complexity index is 1030. The number of nitrogens with zero attached hydrogens (tertiary/aromatic N) is 1. The minimum atomic E-state index is -1.01. The van der Waals surface area contributed by atoms with Crippen LogP contribution in [0.5, 0.6) is 0 Å². The molecule has 27 heavy (non-hydrogen) atoms. The normalized spacial score (nSPS) is 19.1. The molecule has 0 saturated carbocycles. The summed E-state index contributed by atoms with van der Waals surface area (Å²) in [5.41, 5.74) is 2.00. The van der Waals surface area contributed by atoms with Gasteiger partial charge in [0.2, 0.25) is 11.8 Å². The lowest BCUT2D eigenvalue weighted by atomic mass is 9.95. The lowest BCUT2D eigenvalue weighted by Gasteiger charge is -2.27. The van der Waals surface area contributed by atoms with Gasteiger partial charge in [0.25, 0.3) is 11.8 Å². The van der Waals surface area contributed by atoms with Gasteiger partial charge >= 0.3 is 0 Å². The molecule has 0 aromatic heterocycles. The fraction of sp³-hybridized carbons (Fsp3) is 0.150. The Morgan fingerprint density at radius 3 is 2.44 bits per heavy atom. The highest BCUT2D eigenvalue weighted by molar-refractivity contribution is 6.25. The number of carbonyl (C=O) groups is 5. The van der Waals surface area contributed by atoms with Gasteiger partial charge in [0.05, 0.1) is 11.1 Å². The Kier molecular flexibility index (Phi) is 3.92. The van der Waals surface area contributed by atoms with Gasteiger partial charge in [-0.1, -0.05) is 30.3 Å². The number of piperidine rings is 1. The number of hydrogen-bond donors (Lipinski definition) is 1. The highest BCUT2D eigenvalue weighted by Gasteiger charge is 2.45. The average molecular weight is 362 g/mol. The van der Waals surface area contributed by atoms with Crippen molar-refractivity contribution in [1.29, 1.82) is 0 Å². The van der Waals surface area contributed by atoms with Crippen molar-refractivity contribution in [3.8, 4) is 11.1 Å². The molecule has 1 N–H and O–H groups in total. The lowest BCUT2D eigenvalue weighted by molar-refractivity contribution is -0.136. The fourth-order valence-electron chi connectivity index (χ4n) is 3.54. The maximum absolute atomic E-state index is 13.1. The first-order chi connectivity index (χ1) is 13.0. The van der Waals surface area contributed by atoms with Gasteiger partial charge < -0.3 is 0 Å². The second-order valence-corrected chi connectivity index (χ2v) is 6.42. The van der Waals surface area contributed by atoms with Gasteiger partial charge in [0.15, 0.2) is 0 Å². The molecule has 2 aromatic rings. The number of carbonyl (C=O) groups excluding carboxylic acids is 5. The van der Waals surface area contributed by atoms with Crippen molar-refractivity contribution in [2.45, 2.75) is 18.9 Å². The first kappa shape index (κ1) is 16.8. The molecule has 7 nitrogen and oxygen atoms in total. The number of amides is 4. The van der Waals surface area contributed by atoms with Crippen molar-refractivity contribution >= 4 is 29.9 Å². The predicted octanol–water partition coefficient (Wildman–Crippen LogP) is 1.57. The van der Waals surface area contributed by atoms with Crippen LogP contribution in [0.15, 0.2) is 42.5 Å². The van der Waals surface area contributed by atoms with E-state index in [2.05, 4.69) is 5.32 Å². The van der Waals surface area contributed by atoms with Crippen LogP contribution < -0.4 is 5.32 Å². The zero-order valence-electron chi connectivity index (χ0n) is 14.1. The summed E-state index contributed by atoms with van der Waals surface area (Å²) in [6.45, 7) is 0. The van der Waals surface area contributed by atoms with Crippen LogP contribution in [0, 0.1) is 0 Å². The Hall–Kier alpha value is -3.61. The van der Waals surface area contributed by atoms with E-state index in [1.807, 2.05) is 0 Å². The number of rotatable bonds is 3. The van der Waals surface area contributed by atoms with Crippen molar-refractivity contribution < 1.29 is 24.0 Å². The summed E-state index contributed by atoms with van der Waals surface area (Å²) in [7, 11) is 0. The Labute approximate surface area is 154 Å². The molecule has 4 rings (SSSR count). The highest BCUT2D eigenvalue weighted by Crippen LogP contribution is 2.34. The van der Waals surface area contributed by atoms with E-state index in [1.54, 1.807) is 36.4 Å². The van der Waals surface area contributed by atoms with E-state index in [4.69, 9.17) is 0 Å². The van der Waals surface area contributed by atoms with Gasteiger partial charge in [0.1, 0.15) is 12.3 Å². The maximum atomic E-state index is 13.1. The van der Waals surface area contributed by atoms with E-state index in [0.29, 0.717) is 23.0 Å². The van der Waals surface area contributed by atoms with Crippen LogP contribution in [0.4, 0.5) is 0 Å². The molecule has 0 spiro atoms. The molecule has 7 heteroatoms. The predicted molar refractivity (Wildman–Crippen MR) is 93.9 cm³/mol. The Morgan fingerprint density at radius 1 is 0.963 bits per heavy atom. The van der Waals surface area contributed by atoms with Gasteiger partial charge in [-0.15, -0.1) is 0 Å². The SMILES string of the molecule is O=Cc1cccc(-c2cccc3c2C(=O)N(C2CCC(=O)NC2=O)C3=O)c1. The van der Waals surface area contributed by atoms with Crippen LogP contribution in [0.1, 0.15) is 43.9 Å². The molecule has 2 aliphatic heterocycles. The molecular formula is C20H14N2O5. The van der Waals surface area contributed by atoms with Crippen molar-refractivity contribution in [3.05, 3.63) is 59.2 Å². The quantitative estimate of drug-likeness (QED) is 0.660. The monoisotopic (exact) mass is 362 g/mol. The molecule has 134 valence electrons. The molecule has 2 aliphatic rings. The fourth-order valence-corrected chi connectivity index (χ4v) is 3.54. The van der Waals surface area contributed by atoms with Crippen molar-refractivity contribution in [2.24, 2.45) is 0 Å². The standard InChI is InChI=1S/C20H14N2O5/c23-10-11-3-1-4-12(9-11)13-5-2-6-14-17(13)20(27)22(19(14)26)15-7-8-16(24)21-18(15)25/h1-6,9-10,15H,7-8H2,(H,21,24,25). The van der Waals surface area contributed by atoms with Crippen molar-refractivity contribution in [3.63, 3.8) is 0 Å². The summed E-state index contributed by atoms with van der Waals surface area (Å²) in [5, 5.41) is 2.17. The third-order valence-corrected chi connectivity index (χ3v) is 4.80. The average Bonchev–Trinajstić information content (AvgIpc) is 2.93. The number of fused-ring (bicyclic) bond motifs is 1. The summed E-state index contributed by atoms with van der Waals surface area (Å²) in [4.78, 5) is 61.4. The first-order valence-electron chi connectivity index (χ1n) is 8.41. The smallest absolute Gasteiger partial charge is 0.262 e. The molecule has 1 saturated heterocycles. The van der Waals surface area contributed by atoms with E-state index in [0.717, 1.165) is 4.90 Å². The second-order valence-electron chi connectivity index (χ2n) is 6.42. The minimum Gasteiger partial charge on any atom is -0.298 e. The molecule has 1 fully saturated rings. The number of hydrogen-bond acceptors (Lipinski definition) is 5. The second kappa shape index (κ2) is 6.28. The number of imide groups is 2. The summed E-state index contributed by atoms with van der Waals surface area (Å²) >= 11 is 0. The van der Waals surface area contributed by atoms with E-state index in [9.17, 15) is 24.0 Å². The molecule has 0 aliphatic carbocycles. The largest absolute Gasteiger partial charge is 0.298 e. The van der Waals surface area contributed by atoms with Crippen LogP contribution in [0.2, 0.25) is 0 Å². The third-order valence-electron chi connectivity index (χ3n) is 4.80. The maximum Gasteiger partial charge on any atom is 0.262 e. The van der Waals surface area contributed by atoms with E-state index >= 15 is 0 Å². The Balaban J connectivity index is 1.79. The van der Waals surface area contributed by atoms with Gasteiger partial charge in [-0.05, 0) is 29.7 Å². The number of aldehydes is 1. The molecule has 2 aromatic carbocycles. The van der Waals surface area contributed by atoms with Crippen LogP contribution in [0.25, 0.3) is 11.1 Å². The zero-order chi connectivity index (χ0) is 19.1. The van der Waals surface area contributed by atoms with Crippen molar-refractivity contribution in [2.75, 3.05) is 0 Å². The van der Waals surface area contributed by atoms with Crippen LogP contribution in [-0.4, -0.2) is 40.9 Å². The molecule has 4 amide bonds. The summed E-state index contributed by atoms with van der Waals surface area (Å²) < 4.78 is 0. The highest BCUT2D eigenvalue weighted by atomic mass is 16.2. The molecule has 0 bridgehead atoms. The Morgan fingerprint density at radius 2 is 1.70 bits per heavy atom. The third kappa shape index (κ3) is 2.64. The summed E-state index contributed by atoms with van der Waals surface area (Å²) in [6, 6.07) is 10.6. The van der Waals surface area contributed by atoms with Crippen LogP contribution in [-0.2, 0) is 9.59 Å². The summed E-state index contributed by atoms with van der Waals surface area (Å²) in [5.74, 6) is -2.20. The number of nitrogens with one attached hydrogen (secondary N) is 1. The van der Waals surface area contributed by atoms with E-state index < -0.39 is 29.7 Å².